The molecule has 34 heavy (non-hydrogen) atoms. The summed E-state index contributed by atoms with van der Waals surface area (Å²) < 4.78 is 1.72. The fraction of sp³-hybridized carbons (Fsp3) is 0.346. The van der Waals surface area contributed by atoms with Crippen LogP contribution in [0.15, 0.2) is 48.5 Å². The Morgan fingerprint density at radius 2 is 1.65 bits per heavy atom. The minimum atomic E-state index is -0.316. The molecule has 0 bridgehead atoms. The highest BCUT2D eigenvalue weighted by Crippen LogP contribution is 2.27. The van der Waals surface area contributed by atoms with Crippen molar-refractivity contribution in [1.29, 1.82) is 0 Å². The number of rotatable bonds is 7. The van der Waals surface area contributed by atoms with Crippen LogP contribution < -0.4 is 5.32 Å². The van der Waals surface area contributed by atoms with E-state index in [0.717, 1.165) is 16.9 Å². The van der Waals surface area contributed by atoms with Crippen LogP contribution in [0.25, 0.3) is 5.69 Å². The number of anilines is 1. The number of hydrogen-bond acceptors (Lipinski definition) is 3. The number of hydrogen-bond donors (Lipinski definition) is 1. The van der Waals surface area contributed by atoms with Crippen molar-refractivity contribution in [2.45, 2.75) is 46.5 Å². The normalized spacial score (nSPS) is 11.4. The Balaban J connectivity index is 1.86. The van der Waals surface area contributed by atoms with Crippen LogP contribution in [0, 0.1) is 6.92 Å². The Morgan fingerprint density at radius 1 is 1.03 bits per heavy atom. The molecule has 1 aromatic heterocycles. The number of nitrogens with zero attached hydrogens (tertiary/aromatic N) is 3. The largest absolute Gasteiger partial charge is 0.329 e. The Hall–Kier alpha value is -2.83. The van der Waals surface area contributed by atoms with Crippen molar-refractivity contribution in [2.24, 2.45) is 0 Å². The summed E-state index contributed by atoms with van der Waals surface area (Å²) in [4.78, 5) is 27.7. The summed E-state index contributed by atoms with van der Waals surface area (Å²) in [5, 5.41) is 8.43. The smallest absolute Gasteiger partial charge is 0.254 e. The van der Waals surface area contributed by atoms with Gasteiger partial charge in [-0.1, -0.05) is 68.6 Å². The molecule has 0 atom stereocenters. The Bertz CT molecular complexity index is 1160. The van der Waals surface area contributed by atoms with E-state index in [1.54, 1.807) is 22.9 Å². The van der Waals surface area contributed by atoms with Gasteiger partial charge in [-0.2, -0.15) is 5.10 Å². The highest BCUT2D eigenvalue weighted by Gasteiger charge is 2.23. The topological polar surface area (TPSA) is 67.2 Å². The van der Waals surface area contributed by atoms with E-state index in [1.807, 2.05) is 44.2 Å². The standard InChI is InChI=1S/C26H30Cl2N4O2/c1-6-11-31(25(34)18-12-19(27)14-20(28)13-18)16-24(33)29-23-15-22(26(3,4)5)30-32(23)21-9-7-17(2)8-10-21/h7-10,12-15H,6,11,16H2,1-5H3,(H,29,33). The quantitative estimate of drug-likeness (QED) is 0.415. The first-order valence-electron chi connectivity index (χ1n) is 11.2. The van der Waals surface area contributed by atoms with Crippen LogP contribution in [0.3, 0.4) is 0 Å². The molecule has 2 aromatic carbocycles. The Kier molecular flexibility index (Phi) is 8.05. The zero-order valence-corrected chi connectivity index (χ0v) is 21.7. The number of aryl methyl sites for hydroxylation is 1. The molecule has 0 aliphatic heterocycles. The van der Waals surface area contributed by atoms with E-state index in [9.17, 15) is 9.59 Å². The fourth-order valence-corrected chi connectivity index (χ4v) is 3.98. The number of halogens is 2. The van der Waals surface area contributed by atoms with Gasteiger partial charge in [-0.25, -0.2) is 4.68 Å². The summed E-state index contributed by atoms with van der Waals surface area (Å²) in [6.45, 7) is 10.5. The van der Waals surface area contributed by atoms with Gasteiger partial charge in [-0.3, -0.25) is 9.59 Å². The molecule has 0 unspecified atom stereocenters. The van der Waals surface area contributed by atoms with Crippen molar-refractivity contribution in [3.8, 4) is 5.69 Å². The van der Waals surface area contributed by atoms with Gasteiger partial charge in [0, 0.05) is 33.6 Å². The molecule has 0 aliphatic carbocycles. The van der Waals surface area contributed by atoms with Crippen molar-refractivity contribution >= 4 is 40.8 Å². The summed E-state index contributed by atoms with van der Waals surface area (Å²) in [6, 6.07) is 14.5. The lowest BCUT2D eigenvalue weighted by Gasteiger charge is -2.22. The molecule has 180 valence electrons. The summed E-state index contributed by atoms with van der Waals surface area (Å²) >= 11 is 12.1. The van der Waals surface area contributed by atoms with Gasteiger partial charge in [-0.05, 0) is 43.7 Å². The van der Waals surface area contributed by atoms with Gasteiger partial charge in [0.15, 0.2) is 0 Å². The van der Waals surface area contributed by atoms with E-state index in [4.69, 9.17) is 28.3 Å². The van der Waals surface area contributed by atoms with Crippen molar-refractivity contribution in [1.82, 2.24) is 14.7 Å². The maximum Gasteiger partial charge on any atom is 0.254 e. The van der Waals surface area contributed by atoms with Crippen LogP contribution in [-0.4, -0.2) is 39.6 Å². The first kappa shape index (κ1) is 25.8. The zero-order chi connectivity index (χ0) is 25.0. The maximum absolute atomic E-state index is 13.1. The van der Waals surface area contributed by atoms with Crippen molar-refractivity contribution in [2.75, 3.05) is 18.4 Å². The fourth-order valence-electron chi connectivity index (χ4n) is 3.46. The van der Waals surface area contributed by atoms with Crippen molar-refractivity contribution in [3.63, 3.8) is 0 Å². The molecule has 3 aromatic rings. The number of aromatic nitrogens is 2. The van der Waals surface area contributed by atoms with Gasteiger partial charge in [-0.15, -0.1) is 0 Å². The van der Waals surface area contributed by atoms with E-state index in [-0.39, 0.29) is 23.8 Å². The second-order valence-electron chi connectivity index (χ2n) is 9.35. The molecule has 2 amide bonds. The third-order valence-electron chi connectivity index (χ3n) is 5.25. The summed E-state index contributed by atoms with van der Waals surface area (Å²) in [5.41, 5.74) is 2.96. The molecule has 0 aliphatic rings. The van der Waals surface area contributed by atoms with E-state index in [0.29, 0.717) is 34.4 Å². The molecule has 0 saturated heterocycles. The first-order valence-corrected chi connectivity index (χ1v) is 12.0. The second-order valence-corrected chi connectivity index (χ2v) is 10.2. The van der Waals surface area contributed by atoms with Crippen LogP contribution in [0.5, 0.6) is 0 Å². The highest BCUT2D eigenvalue weighted by atomic mass is 35.5. The molecule has 6 nitrogen and oxygen atoms in total. The lowest BCUT2D eigenvalue weighted by molar-refractivity contribution is -0.116. The van der Waals surface area contributed by atoms with Gasteiger partial charge >= 0.3 is 0 Å². The minimum Gasteiger partial charge on any atom is -0.329 e. The van der Waals surface area contributed by atoms with Crippen LogP contribution in [0.2, 0.25) is 10.0 Å². The van der Waals surface area contributed by atoms with Crippen molar-refractivity contribution < 1.29 is 9.59 Å². The van der Waals surface area contributed by atoms with Gasteiger partial charge in [0.2, 0.25) is 5.91 Å². The molecule has 8 heteroatoms. The van der Waals surface area contributed by atoms with Crippen LogP contribution in [0.1, 0.15) is 55.7 Å². The van der Waals surface area contributed by atoms with Gasteiger partial charge in [0.05, 0.1) is 11.4 Å². The Morgan fingerprint density at radius 3 is 2.21 bits per heavy atom. The number of carbonyl (C=O) groups excluding carboxylic acids is 2. The maximum atomic E-state index is 13.1. The zero-order valence-electron chi connectivity index (χ0n) is 20.2. The molecular formula is C26H30Cl2N4O2. The lowest BCUT2D eigenvalue weighted by Crippen LogP contribution is -2.38. The SMILES string of the molecule is CCCN(CC(=O)Nc1cc(C(C)(C)C)nn1-c1ccc(C)cc1)C(=O)c1cc(Cl)cc(Cl)c1. The molecule has 0 spiro atoms. The van der Waals surface area contributed by atoms with E-state index in [2.05, 4.69) is 26.1 Å². The second kappa shape index (κ2) is 10.6. The lowest BCUT2D eigenvalue weighted by atomic mass is 9.92. The predicted octanol–water partition coefficient (Wildman–Crippen LogP) is 6.28. The third-order valence-corrected chi connectivity index (χ3v) is 5.68. The van der Waals surface area contributed by atoms with E-state index in [1.165, 1.54) is 4.90 Å². The van der Waals surface area contributed by atoms with Gasteiger partial charge < -0.3 is 10.2 Å². The first-order chi connectivity index (χ1) is 16.0. The molecule has 0 radical (unpaired) electrons. The number of amides is 2. The highest BCUT2D eigenvalue weighted by molar-refractivity contribution is 6.35. The van der Waals surface area contributed by atoms with Crippen LogP contribution in [0.4, 0.5) is 5.82 Å². The monoisotopic (exact) mass is 500 g/mol. The number of benzene rings is 2. The molecule has 1 heterocycles. The van der Waals surface area contributed by atoms with Crippen molar-refractivity contribution in [3.05, 3.63) is 75.4 Å². The third kappa shape index (κ3) is 6.39. The summed E-state index contributed by atoms with van der Waals surface area (Å²) in [5.74, 6) is -0.0686. The van der Waals surface area contributed by atoms with Gasteiger partial charge in [0.1, 0.15) is 12.4 Å². The van der Waals surface area contributed by atoms with E-state index < -0.39 is 0 Å². The molecule has 3 rings (SSSR count). The number of carbonyl (C=O) groups is 2. The Labute approximate surface area is 210 Å². The molecular weight excluding hydrogens is 471 g/mol. The van der Waals surface area contributed by atoms with Gasteiger partial charge in [0.25, 0.3) is 5.91 Å². The predicted molar refractivity (Wildman–Crippen MR) is 138 cm³/mol. The molecule has 1 N–H and O–H groups in total. The number of nitrogens with one attached hydrogen (secondary N) is 1. The minimum absolute atomic E-state index is 0.110. The van der Waals surface area contributed by atoms with Crippen LogP contribution in [-0.2, 0) is 10.2 Å². The summed E-state index contributed by atoms with van der Waals surface area (Å²) in [7, 11) is 0. The molecule has 0 saturated carbocycles. The average molecular weight is 501 g/mol. The van der Waals surface area contributed by atoms with Crippen LogP contribution >= 0.6 is 23.2 Å². The summed E-state index contributed by atoms with van der Waals surface area (Å²) in [6.07, 6.45) is 0.697. The molecule has 0 fully saturated rings. The van der Waals surface area contributed by atoms with E-state index >= 15 is 0 Å². The average Bonchev–Trinajstić information content (AvgIpc) is 3.17.